The smallest absolute Gasteiger partial charge is 0.410 e. The van der Waals surface area contributed by atoms with Gasteiger partial charge in [-0.1, -0.05) is 0 Å². The monoisotopic (exact) mass is 238 g/mol. The van der Waals surface area contributed by atoms with Gasteiger partial charge in [0.25, 0.3) is 0 Å². The zero-order valence-corrected chi connectivity index (χ0v) is 11.0. The van der Waals surface area contributed by atoms with E-state index in [4.69, 9.17) is 4.74 Å². The maximum absolute atomic E-state index is 12.3. The van der Waals surface area contributed by atoms with Gasteiger partial charge >= 0.3 is 6.09 Å². The molecule has 2 atom stereocenters. The molecule has 3 rings (SSSR count). The lowest BCUT2D eigenvalue weighted by molar-refractivity contribution is 0.00204. The average Bonchev–Trinajstić information content (AvgIpc) is 2.89. The van der Waals surface area contributed by atoms with Crippen molar-refractivity contribution in [2.75, 3.05) is 6.54 Å². The zero-order valence-electron chi connectivity index (χ0n) is 11.0. The fraction of sp³-hybridized carbons (Fsp3) is 0.923. The first-order valence-electron chi connectivity index (χ1n) is 6.68. The van der Waals surface area contributed by atoms with E-state index in [1.165, 1.54) is 12.8 Å². The number of hydrogen-bond acceptors (Lipinski definition) is 3. The fourth-order valence-electron chi connectivity index (χ4n) is 3.30. The lowest BCUT2D eigenvalue weighted by Crippen LogP contribution is -2.61. The highest BCUT2D eigenvalue weighted by Crippen LogP contribution is 2.49. The average molecular weight is 238 g/mol. The summed E-state index contributed by atoms with van der Waals surface area (Å²) in [6.45, 7) is 6.74. The summed E-state index contributed by atoms with van der Waals surface area (Å²) >= 11 is 0. The molecule has 1 aliphatic carbocycles. The van der Waals surface area contributed by atoms with Crippen LogP contribution in [0.4, 0.5) is 4.79 Å². The highest BCUT2D eigenvalue weighted by Gasteiger charge is 2.59. The van der Waals surface area contributed by atoms with Crippen LogP contribution in [0.25, 0.3) is 0 Å². The summed E-state index contributed by atoms with van der Waals surface area (Å²) in [4.78, 5) is 14.3. The molecule has 1 amide bonds. The standard InChI is InChI=1S/C13H22N2O2/c1-12(2,3)17-11(16)15-9-4-5-10(15)13(6-7-13)14-8-9/h9-10,14H,4-8H2,1-3H3. The van der Waals surface area contributed by atoms with Crippen LogP contribution in [0.5, 0.6) is 0 Å². The molecule has 96 valence electrons. The predicted octanol–water partition coefficient (Wildman–Crippen LogP) is 1.89. The Balaban J connectivity index is 1.77. The molecule has 17 heavy (non-hydrogen) atoms. The molecule has 3 aliphatic rings. The number of carbonyl (C=O) groups excluding carboxylic acids is 1. The quantitative estimate of drug-likeness (QED) is 0.700. The molecule has 0 aromatic rings. The first-order valence-corrected chi connectivity index (χ1v) is 6.68. The van der Waals surface area contributed by atoms with Crippen molar-refractivity contribution in [3.8, 4) is 0 Å². The summed E-state index contributed by atoms with van der Waals surface area (Å²) < 4.78 is 5.54. The van der Waals surface area contributed by atoms with Crippen LogP contribution in [0.2, 0.25) is 0 Å². The second kappa shape index (κ2) is 3.37. The van der Waals surface area contributed by atoms with Gasteiger partial charge in [0.15, 0.2) is 0 Å². The Morgan fingerprint density at radius 1 is 1.35 bits per heavy atom. The van der Waals surface area contributed by atoms with Gasteiger partial charge in [0.2, 0.25) is 0 Å². The molecule has 0 aromatic carbocycles. The molecular formula is C13H22N2O2. The number of rotatable bonds is 0. The number of hydrogen-bond donors (Lipinski definition) is 1. The molecule has 0 aromatic heterocycles. The Kier molecular flexibility index (Phi) is 2.25. The molecule has 1 spiro atoms. The van der Waals surface area contributed by atoms with Gasteiger partial charge in [-0.15, -0.1) is 0 Å². The zero-order chi connectivity index (χ0) is 12.3. The molecule has 2 saturated heterocycles. The van der Waals surface area contributed by atoms with Gasteiger partial charge in [-0.25, -0.2) is 4.79 Å². The van der Waals surface area contributed by atoms with Gasteiger partial charge in [-0.2, -0.15) is 0 Å². The molecule has 1 N–H and O–H groups in total. The molecule has 4 nitrogen and oxygen atoms in total. The van der Waals surface area contributed by atoms with Gasteiger partial charge in [0, 0.05) is 18.1 Å². The molecule has 2 aliphatic heterocycles. The van der Waals surface area contributed by atoms with Gasteiger partial charge in [0.05, 0.1) is 6.04 Å². The lowest BCUT2D eigenvalue weighted by atomic mass is 10.0. The maximum Gasteiger partial charge on any atom is 0.410 e. The highest BCUT2D eigenvalue weighted by molar-refractivity contribution is 5.70. The van der Waals surface area contributed by atoms with Crippen LogP contribution in [0.1, 0.15) is 46.5 Å². The van der Waals surface area contributed by atoms with Crippen molar-refractivity contribution in [2.45, 2.75) is 69.7 Å². The summed E-state index contributed by atoms with van der Waals surface area (Å²) in [5, 5.41) is 3.63. The van der Waals surface area contributed by atoms with E-state index in [1.54, 1.807) is 0 Å². The molecule has 2 unspecified atom stereocenters. The molecule has 0 radical (unpaired) electrons. The number of nitrogens with zero attached hydrogens (tertiary/aromatic N) is 1. The Morgan fingerprint density at radius 2 is 2.06 bits per heavy atom. The van der Waals surface area contributed by atoms with Crippen LogP contribution in [0.3, 0.4) is 0 Å². The van der Waals surface area contributed by atoms with Crippen LogP contribution in [0.15, 0.2) is 0 Å². The third-order valence-corrected chi connectivity index (χ3v) is 4.22. The van der Waals surface area contributed by atoms with E-state index in [2.05, 4.69) is 5.32 Å². The van der Waals surface area contributed by atoms with Gasteiger partial charge in [-0.3, -0.25) is 4.90 Å². The molecule has 2 bridgehead atoms. The van der Waals surface area contributed by atoms with Gasteiger partial charge < -0.3 is 10.1 Å². The van der Waals surface area contributed by atoms with E-state index >= 15 is 0 Å². The molecule has 2 heterocycles. The van der Waals surface area contributed by atoms with Crippen molar-refractivity contribution in [1.82, 2.24) is 10.2 Å². The summed E-state index contributed by atoms with van der Waals surface area (Å²) in [7, 11) is 0. The second-order valence-electron chi connectivity index (χ2n) is 6.67. The first-order chi connectivity index (χ1) is 7.91. The van der Waals surface area contributed by atoms with E-state index < -0.39 is 5.60 Å². The molecular weight excluding hydrogens is 216 g/mol. The summed E-state index contributed by atoms with van der Waals surface area (Å²) in [5.74, 6) is 0. The predicted molar refractivity (Wildman–Crippen MR) is 64.9 cm³/mol. The number of nitrogens with one attached hydrogen (secondary N) is 1. The van der Waals surface area contributed by atoms with Crippen molar-refractivity contribution < 1.29 is 9.53 Å². The first kappa shape index (κ1) is 11.3. The Hall–Kier alpha value is -0.770. The minimum atomic E-state index is -0.391. The van der Waals surface area contributed by atoms with Crippen molar-refractivity contribution in [3.63, 3.8) is 0 Å². The van der Waals surface area contributed by atoms with Crippen LogP contribution in [-0.2, 0) is 4.74 Å². The normalized spacial score (nSPS) is 33.9. The van der Waals surface area contributed by atoms with E-state index in [-0.39, 0.29) is 11.6 Å². The van der Waals surface area contributed by atoms with Crippen LogP contribution >= 0.6 is 0 Å². The van der Waals surface area contributed by atoms with Crippen molar-refractivity contribution in [1.29, 1.82) is 0 Å². The SMILES string of the molecule is CC(C)(C)OC(=O)N1C2CCC1C1(CC1)NC2. The van der Waals surface area contributed by atoms with Gasteiger partial charge in [0.1, 0.15) is 5.60 Å². The number of piperazine rings is 1. The summed E-state index contributed by atoms with van der Waals surface area (Å²) in [5.41, 5.74) is -0.151. The molecule has 3 fully saturated rings. The van der Waals surface area contributed by atoms with E-state index in [0.29, 0.717) is 12.1 Å². The second-order valence-corrected chi connectivity index (χ2v) is 6.67. The summed E-state index contributed by atoms with van der Waals surface area (Å²) in [6, 6.07) is 0.720. The van der Waals surface area contributed by atoms with Crippen molar-refractivity contribution in [3.05, 3.63) is 0 Å². The third kappa shape index (κ3) is 1.82. The number of fused-ring (bicyclic) bond motifs is 3. The van der Waals surface area contributed by atoms with Crippen LogP contribution in [0, 0.1) is 0 Å². The van der Waals surface area contributed by atoms with Crippen molar-refractivity contribution in [2.24, 2.45) is 0 Å². The van der Waals surface area contributed by atoms with Gasteiger partial charge in [-0.05, 0) is 46.5 Å². The van der Waals surface area contributed by atoms with E-state index in [9.17, 15) is 4.79 Å². The largest absolute Gasteiger partial charge is 0.444 e. The van der Waals surface area contributed by atoms with E-state index in [1.807, 2.05) is 25.7 Å². The molecule has 1 saturated carbocycles. The Morgan fingerprint density at radius 3 is 2.65 bits per heavy atom. The fourth-order valence-corrected chi connectivity index (χ4v) is 3.30. The summed E-state index contributed by atoms with van der Waals surface area (Å²) in [6.07, 6.45) is 4.57. The van der Waals surface area contributed by atoms with Crippen molar-refractivity contribution >= 4 is 6.09 Å². The highest BCUT2D eigenvalue weighted by atomic mass is 16.6. The molecule has 4 heteroatoms. The minimum Gasteiger partial charge on any atom is -0.444 e. The Bertz CT molecular complexity index is 344. The van der Waals surface area contributed by atoms with E-state index in [0.717, 1.165) is 19.4 Å². The van der Waals surface area contributed by atoms with Crippen LogP contribution in [-0.4, -0.2) is 40.8 Å². The topological polar surface area (TPSA) is 41.6 Å². The lowest BCUT2D eigenvalue weighted by Gasteiger charge is -2.41. The van der Waals surface area contributed by atoms with Crippen LogP contribution < -0.4 is 5.32 Å². The third-order valence-electron chi connectivity index (χ3n) is 4.22. The Labute approximate surface area is 103 Å². The number of ether oxygens (including phenoxy) is 1. The number of amides is 1. The maximum atomic E-state index is 12.3. The number of carbonyl (C=O) groups is 1. The minimum absolute atomic E-state index is 0.113.